The lowest BCUT2D eigenvalue weighted by Crippen LogP contribution is -2.69. The van der Waals surface area contributed by atoms with E-state index in [4.69, 9.17) is 18.5 Å². The summed E-state index contributed by atoms with van der Waals surface area (Å²) >= 11 is 3.33. The number of carbonyl (C=O) groups excluding carboxylic acids is 3. The second kappa shape index (κ2) is 11.4. The molecule has 2 aliphatic heterocycles. The first-order valence-corrected chi connectivity index (χ1v) is 13.2. The number of hydrogen-bond acceptors (Lipinski definition) is 9. The lowest BCUT2D eigenvalue weighted by Gasteiger charge is -2.44. The molecule has 3 unspecified atom stereocenters. The van der Waals surface area contributed by atoms with Crippen molar-refractivity contribution in [2.75, 3.05) is 20.8 Å². The van der Waals surface area contributed by atoms with Crippen molar-refractivity contribution < 1.29 is 42.2 Å². The summed E-state index contributed by atoms with van der Waals surface area (Å²) in [7, 11) is -1.42. The maximum atomic E-state index is 13.5. The number of alkyl halides is 1. The zero-order valence-corrected chi connectivity index (χ0v) is 22.2. The molecule has 1 aromatic carbocycles. The topological polar surface area (TPSA) is 142 Å². The highest BCUT2D eigenvalue weighted by Gasteiger charge is 2.53. The molecule has 2 N–H and O–H groups in total. The average Bonchev–Trinajstić information content (AvgIpc) is 3.28. The lowest BCUT2D eigenvalue weighted by atomic mass is 10.1. The van der Waals surface area contributed by atoms with Crippen molar-refractivity contribution in [3.05, 3.63) is 30.3 Å². The Morgan fingerprint density at radius 3 is 2.63 bits per heavy atom. The van der Waals surface area contributed by atoms with E-state index < -0.39 is 54.6 Å². The zero-order valence-electron chi connectivity index (χ0n) is 19.8. The maximum Gasteiger partial charge on any atom is 0.459 e. The molecule has 3 rings (SSSR count). The van der Waals surface area contributed by atoms with E-state index in [9.17, 15) is 18.9 Å². The molecule has 0 aliphatic carbocycles. The molecule has 6 atom stereocenters. The van der Waals surface area contributed by atoms with Gasteiger partial charge in [0.1, 0.15) is 22.3 Å². The third kappa shape index (κ3) is 6.41. The molecule has 0 radical (unpaired) electrons. The summed E-state index contributed by atoms with van der Waals surface area (Å²) in [5, 5.41) is 4.86. The minimum Gasteiger partial charge on any atom is -0.468 e. The summed E-state index contributed by atoms with van der Waals surface area (Å²) in [5.41, 5.74) is 0. The van der Waals surface area contributed by atoms with Crippen molar-refractivity contribution in [2.45, 2.75) is 55.6 Å². The summed E-state index contributed by atoms with van der Waals surface area (Å²) in [5.74, 6) is -0.884. The number of ether oxygens (including phenoxy) is 3. The van der Waals surface area contributed by atoms with Gasteiger partial charge in [-0.05, 0) is 38.8 Å². The zero-order chi connectivity index (χ0) is 25.8. The van der Waals surface area contributed by atoms with Crippen molar-refractivity contribution in [3.63, 3.8) is 0 Å². The molecule has 0 bridgehead atoms. The molecule has 14 heteroatoms. The summed E-state index contributed by atoms with van der Waals surface area (Å²) in [6.07, 6.45) is -1.28. The normalized spacial score (nSPS) is 29.3. The number of amides is 3. The fourth-order valence-electron chi connectivity index (χ4n) is 3.75. The summed E-state index contributed by atoms with van der Waals surface area (Å²) in [6.45, 7) is 2.91. The number of esters is 1. The van der Waals surface area contributed by atoms with Crippen molar-refractivity contribution in [3.8, 4) is 5.75 Å². The lowest BCUT2D eigenvalue weighted by molar-refractivity contribution is -0.152. The van der Waals surface area contributed by atoms with Gasteiger partial charge < -0.3 is 18.7 Å². The van der Waals surface area contributed by atoms with Gasteiger partial charge in [0.05, 0.1) is 19.8 Å². The predicted octanol–water partition coefficient (Wildman–Crippen LogP) is 2.52. The van der Waals surface area contributed by atoms with Crippen LogP contribution in [0.25, 0.3) is 0 Å². The molecular weight excluding hydrogens is 549 g/mol. The molecule has 1 aromatic rings. The number of nitrogens with zero attached hydrogens (tertiary/aromatic N) is 1. The largest absolute Gasteiger partial charge is 0.468 e. The van der Waals surface area contributed by atoms with E-state index in [2.05, 4.69) is 31.1 Å². The van der Waals surface area contributed by atoms with Crippen molar-refractivity contribution in [1.29, 1.82) is 0 Å². The Labute approximate surface area is 211 Å². The first-order valence-electron chi connectivity index (χ1n) is 10.9. The van der Waals surface area contributed by atoms with Crippen LogP contribution in [0, 0.1) is 0 Å². The Balaban J connectivity index is 1.68. The van der Waals surface area contributed by atoms with Gasteiger partial charge in [0.25, 0.3) is 0 Å². The second-order valence-electron chi connectivity index (χ2n) is 8.19. The van der Waals surface area contributed by atoms with Gasteiger partial charge in [0, 0.05) is 7.11 Å². The van der Waals surface area contributed by atoms with E-state index in [-0.39, 0.29) is 12.4 Å². The van der Waals surface area contributed by atoms with Gasteiger partial charge in [-0.15, -0.1) is 0 Å². The van der Waals surface area contributed by atoms with E-state index >= 15 is 0 Å². The standard InChI is InChI=1S/C21H29BrN3O9P/c1-13(17(26)30-3)24-35(29,34-14-8-6-5-7-9-14)32-12-15-10-11-16(33-15)25-19(31-4)21(2,22)18(27)23-20(25)28/h5-9,13,15-16,19H,10-12H2,1-4H3,(H,24,29)(H,23,27,28)/t13-,15-,16+,19?,21?,35?/m0/s1. The highest BCUT2D eigenvalue weighted by Crippen LogP contribution is 2.46. The number of hydrogen-bond donors (Lipinski definition) is 2. The van der Waals surface area contributed by atoms with E-state index in [1.807, 2.05) is 0 Å². The van der Waals surface area contributed by atoms with Crippen LogP contribution in [0.3, 0.4) is 0 Å². The predicted molar refractivity (Wildman–Crippen MR) is 127 cm³/mol. The summed E-state index contributed by atoms with van der Waals surface area (Å²) in [6, 6.07) is 6.75. The molecule has 0 aromatic heterocycles. The molecule has 2 saturated heterocycles. The molecule has 35 heavy (non-hydrogen) atoms. The number of halogens is 1. The number of urea groups is 1. The van der Waals surface area contributed by atoms with Crippen LogP contribution in [0.1, 0.15) is 26.7 Å². The van der Waals surface area contributed by atoms with Crippen LogP contribution >= 0.6 is 23.7 Å². The third-order valence-electron chi connectivity index (χ3n) is 5.54. The Hall–Kier alpha value is -2.02. The van der Waals surface area contributed by atoms with Gasteiger partial charge in [0.2, 0.25) is 5.91 Å². The van der Waals surface area contributed by atoms with Gasteiger partial charge in [0.15, 0.2) is 6.23 Å². The van der Waals surface area contributed by atoms with Gasteiger partial charge in [-0.3, -0.25) is 24.3 Å². The number of methoxy groups -OCH3 is 2. The fraction of sp³-hybridized carbons (Fsp3) is 0.571. The Bertz CT molecular complexity index is 980. The first kappa shape index (κ1) is 27.6. The highest BCUT2D eigenvalue weighted by atomic mass is 79.9. The minimum atomic E-state index is -4.03. The number of imide groups is 1. The molecule has 2 heterocycles. The Morgan fingerprint density at radius 1 is 1.31 bits per heavy atom. The van der Waals surface area contributed by atoms with Gasteiger partial charge in [-0.1, -0.05) is 34.1 Å². The maximum absolute atomic E-state index is 13.5. The Morgan fingerprint density at radius 2 is 2.00 bits per heavy atom. The number of benzene rings is 1. The fourth-order valence-corrected chi connectivity index (χ4v) is 5.78. The molecule has 194 valence electrons. The summed E-state index contributed by atoms with van der Waals surface area (Å²) in [4.78, 5) is 37.9. The van der Waals surface area contributed by atoms with Gasteiger partial charge >= 0.3 is 19.7 Å². The highest BCUT2D eigenvalue weighted by molar-refractivity contribution is 9.10. The van der Waals surface area contributed by atoms with Crippen molar-refractivity contribution in [2.24, 2.45) is 0 Å². The molecule has 3 amide bonds. The van der Waals surface area contributed by atoms with E-state index in [0.29, 0.717) is 12.8 Å². The van der Waals surface area contributed by atoms with Crippen LogP contribution in [-0.2, 0) is 32.9 Å². The molecule has 0 spiro atoms. The number of nitrogens with one attached hydrogen (secondary N) is 2. The minimum absolute atomic E-state index is 0.154. The monoisotopic (exact) mass is 577 g/mol. The SMILES string of the molecule is COC(=O)[C@H](C)NP(=O)(OC[C@@H]1CC[C@H](N2C(=O)NC(=O)C(C)(Br)C2OC)O1)Oc1ccccc1. The number of rotatable bonds is 10. The third-order valence-corrected chi connectivity index (χ3v) is 7.94. The molecule has 0 saturated carbocycles. The van der Waals surface area contributed by atoms with Crippen LogP contribution in [0.4, 0.5) is 4.79 Å². The summed E-state index contributed by atoms with van der Waals surface area (Å²) < 4.78 is 39.6. The van der Waals surface area contributed by atoms with E-state index in [0.717, 1.165) is 0 Å². The van der Waals surface area contributed by atoms with Gasteiger partial charge in [-0.2, -0.15) is 5.09 Å². The van der Waals surface area contributed by atoms with E-state index in [1.165, 1.54) is 26.0 Å². The average molecular weight is 578 g/mol. The van der Waals surface area contributed by atoms with Crippen LogP contribution < -0.4 is 14.9 Å². The Kier molecular flexibility index (Phi) is 8.95. The van der Waals surface area contributed by atoms with Crippen LogP contribution in [0.5, 0.6) is 5.75 Å². The van der Waals surface area contributed by atoms with Crippen LogP contribution in [0.2, 0.25) is 0 Å². The number of para-hydroxylation sites is 1. The smallest absolute Gasteiger partial charge is 0.459 e. The second-order valence-corrected chi connectivity index (χ2v) is 11.5. The molecule has 12 nitrogen and oxygen atoms in total. The van der Waals surface area contributed by atoms with Crippen LogP contribution in [0.15, 0.2) is 30.3 Å². The van der Waals surface area contributed by atoms with Crippen molar-refractivity contribution >= 4 is 41.6 Å². The molecule has 2 aliphatic rings. The quantitative estimate of drug-likeness (QED) is 0.242. The van der Waals surface area contributed by atoms with E-state index in [1.54, 1.807) is 37.3 Å². The first-order chi connectivity index (χ1) is 16.5. The van der Waals surface area contributed by atoms with Crippen LogP contribution in [-0.4, -0.2) is 72.6 Å². The number of carbonyl (C=O) groups is 3. The van der Waals surface area contributed by atoms with Gasteiger partial charge in [-0.25, -0.2) is 9.36 Å². The van der Waals surface area contributed by atoms with Crippen molar-refractivity contribution in [1.82, 2.24) is 15.3 Å². The molecule has 2 fully saturated rings. The molecular formula is C21H29BrN3O9P.